The van der Waals surface area contributed by atoms with Crippen molar-refractivity contribution in [3.05, 3.63) is 156 Å². The van der Waals surface area contributed by atoms with E-state index < -0.39 is 0 Å². The summed E-state index contributed by atoms with van der Waals surface area (Å²) in [4.78, 5) is 21.3. The second-order valence-corrected chi connectivity index (χ2v) is 16.4. The molecule has 262 valence electrons. The van der Waals surface area contributed by atoms with Crippen LogP contribution in [0.25, 0.3) is 78.2 Å². The third-order valence-electron chi connectivity index (χ3n) is 12.1. The molecule has 0 spiro atoms. The van der Waals surface area contributed by atoms with Crippen molar-refractivity contribution in [1.29, 1.82) is 0 Å². The molecule has 0 N–H and O–H groups in total. The van der Waals surface area contributed by atoms with Gasteiger partial charge in [-0.2, -0.15) is 0 Å². The molecule has 6 aromatic carbocycles. The lowest BCUT2D eigenvalue weighted by Gasteiger charge is -2.33. The average Bonchev–Trinajstić information content (AvgIpc) is 3.21. The minimum absolute atomic E-state index is 0.103. The van der Waals surface area contributed by atoms with Crippen molar-refractivity contribution < 1.29 is 0 Å². The Balaban J connectivity index is 1.23. The molecule has 2 aliphatic carbocycles. The maximum absolute atomic E-state index is 5.39. The van der Waals surface area contributed by atoms with Crippen LogP contribution in [0.2, 0.25) is 0 Å². The van der Waals surface area contributed by atoms with Gasteiger partial charge >= 0.3 is 0 Å². The number of aryl methyl sites for hydroxylation is 2. The molecule has 0 amide bonds. The van der Waals surface area contributed by atoms with Gasteiger partial charge in [-0.15, -0.1) is 0 Å². The molecule has 0 atom stereocenters. The van der Waals surface area contributed by atoms with Crippen LogP contribution >= 0.6 is 0 Å². The Morgan fingerprint density at radius 3 is 1.39 bits per heavy atom. The molecule has 0 fully saturated rings. The van der Waals surface area contributed by atoms with Crippen LogP contribution in [0, 0.1) is 0 Å². The first-order valence-corrected chi connectivity index (χ1v) is 19.2. The van der Waals surface area contributed by atoms with Crippen LogP contribution in [0.15, 0.2) is 133 Å². The van der Waals surface area contributed by atoms with E-state index in [0.29, 0.717) is 11.6 Å². The van der Waals surface area contributed by atoms with E-state index in [2.05, 4.69) is 149 Å². The van der Waals surface area contributed by atoms with Gasteiger partial charge in [0.25, 0.3) is 0 Å². The number of hydrogen-bond donors (Lipinski definition) is 0. The zero-order valence-corrected chi connectivity index (χ0v) is 31.3. The van der Waals surface area contributed by atoms with Crippen molar-refractivity contribution >= 4 is 21.5 Å². The van der Waals surface area contributed by atoms with Gasteiger partial charge in [-0.25, -0.2) is 19.9 Å². The van der Waals surface area contributed by atoms with Crippen LogP contribution in [0.3, 0.4) is 0 Å². The Bertz CT molecular complexity index is 2620. The zero-order chi connectivity index (χ0) is 36.6. The maximum Gasteiger partial charge on any atom is 0.161 e. The Hall–Kier alpha value is -6.00. The molecule has 54 heavy (non-hydrogen) atoms. The Morgan fingerprint density at radius 2 is 0.852 bits per heavy atom. The molecular formula is C50H42N4. The largest absolute Gasteiger partial charge is 0.228 e. The van der Waals surface area contributed by atoms with Crippen LogP contribution in [0.5, 0.6) is 0 Å². The summed E-state index contributed by atoms with van der Waals surface area (Å²) in [6, 6.07) is 47.6. The predicted molar refractivity (Wildman–Crippen MR) is 223 cm³/mol. The molecule has 0 saturated carbocycles. The van der Waals surface area contributed by atoms with Crippen molar-refractivity contribution in [2.24, 2.45) is 0 Å². The molecule has 10 rings (SSSR count). The minimum atomic E-state index is 0.103. The predicted octanol–water partition coefficient (Wildman–Crippen LogP) is 12.4. The fourth-order valence-electron chi connectivity index (χ4n) is 8.97. The van der Waals surface area contributed by atoms with Crippen LogP contribution in [0.1, 0.15) is 62.8 Å². The highest BCUT2D eigenvalue weighted by molar-refractivity contribution is 6.02. The van der Waals surface area contributed by atoms with E-state index in [0.717, 1.165) is 70.7 Å². The van der Waals surface area contributed by atoms with Crippen LogP contribution in [-0.4, -0.2) is 19.9 Å². The number of nitrogens with zero attached hydrogens (tertiary/aromatic N) is 4. The van der Waals surface area contributed by atoms with E-state index >= 15 is 0 Å². The smallest absolute Gasteiger partial charge is 0.161 e. The fraction of sp³-hybridized carbons (Fsp3) is 0.200. The Morgan fingerprint density at radius 1 is 0.407 bits per heavy atom. The average molecular weight is 699 g/mol. The molecule has 8 aromatic rings. The van der Waals surface area contributed by atoms with Crippen LogP contribution in [-0.2, 0) is 23.7 Å². The summed E-state index contributed by atoms with van der Waals surface area (Å²) in [5.74, 6) is 1.40. The van der Waals surface area contributed by atoms with Crippen molar-refractivity contribution in [1.82, 2.24) is 19.9 Å². The van der Waals surface area contributed by atoms with Gasteiger partial charge in [-0.05, 0) is 92.4 Å². The highest BCUT2D eigenvalue weighted by Crippen LogP contribution is 2.45. The summed E-state index contributed by atoms with van der Waals surface area (Å²) in [6.45, 7) is 9.46. The maximum atomic E-state index is 5.39. The van der Waals surface area contributed by atoms with Crippen molar-refractivity contribution in [2.75, 3.05) is 0 Å². The molecular weight excluding hydrogens is 657 g/mol. The molecule has 0 bridgehead atoms. The van der Waals surface area contributed by atoms with Crippen molar-refractivity contribution in [3.63, 3.8) is 0 Å². The van der Waals surface area contributed by atoms with E-state index in [4.69, 9.17) is 19.9 Å². The Labute approximate surface area is 317 Å². The monoisotopic (exact) mass is 698 g/mol. The molecule has 0 unspecified atom stereocenters. The molecule has 0 radical (unpaired) electrons. The SMILES string of the molecule is CC1(C)CCc2ccc(-c3nc(-c4ccccc4)cc(-c4cc(-c5ccccc5)nc(-c5ccc6c7c(cccc57)CCC6(C)C)n4)n3)c3cccc1c23. The van der Waals surface area contributed by atoms with E-state index in [1.54, 1.807) is 0 Å². The molecule has 0 aliphatic heterocycles. The molecule has 4 nitrogen and oxygen atoms in total. The standard InChI is InChI=1S/C50H42N4/c1-49(2)28-26-34-21-22-37(36-19-12-20-39(49)46(34)36)47-51-41(31-13-7-5-8-14-31)29-43(53-47)44-30-42(32-15-9-6-10-16-32)52-48(54-44)38-23-24-40-45-33(17-11-18-35(38)45)25-27-50(40,3)4/h5-24,29-30H,25-28H2,1-4H3. The second-order valence-electron chi connectivity index (χ2n) is 16.4. The molecule has 2 heterocycles. The number of rotatable bonds is 5. The van der Waals surface area contributed by atoms with Crippen molar-refractivity contribution in [2.45, 2.75) is 64.2 Å². The summed E-state index contributed by atoms with van der Waals surface area (Å²) < 4.78 is 0. The Kier molecular flexibility index (Phi) is 7.42. The van der Waals surface area contributed by atoms with Gasteiger partial charge in [0.15, 0.2) is 11.6 Å². The highest BCUT2D eigenvalue weighted by atomic mass is 14.9. The first kappa shape index (κ1) is 32.6. The lowest BCUT2D eigenvalue weighted by Crippen LogP contribution is -2.22. The number of hydrogen-bond acceptors (Lipinski definition) is 4. The van der Waals surface area contributed by atoms with Gasteiger partial charge in [0.1, 0.15) is 0 Å². The summed E-state index contributed by atoms with van der Waals surface area (Å²) in [7, 11) is 0. The van der Waals surface area contributed by atoms with E-state index in [1.165, 1.54) is 43.8 Å². The van der Waals surface area contributed by atoms with Gasteiger partial charge in [-0.3, -0.25) is 0 Å². The van der Waals surface area contributed by atoms with Gasteiger partial charge in [0.05, 0.1) is 22.8 Å². The third kappa shape index (κ3) is 5.35. The lowest BCUT2D eigenvalue weighted by molar-refractivity contribution is 0.474. The summed E-state index contributed by atoms with van der Waals surface area (Å²) >= 11 is 0. The quantitative estimate of drug-likeness (QED) is 0.180. The first-order valence-electron chi connectivity index (χ1n) is 19.2. The lowest BCUT2D eigenvalue weighted by atomic mass is 9.71. The molecule has 2 aliphatic rings. The molecule has 2 aromatic heterocycles. The fourth-order valence-corrected chi connectivity index (χ4v) is 8.97. The van der Waals surface area contributed by atoms with Gasteiger partial charge < -0.3 is 0 Å². The molecule has 4 heteroatoms. The third-order valence-corrected chi connectivity index (χ3v) is 12.1. The van der Waals surface area contributed by atoms with Gasteiger partial charge in [0, 0.05) is 22.3 Å². The summed E-state index contributed by atoms with van der Waals surface area (Å²) in [5, 5.41) is 5.11. The van der Waals surface area contributed by atoms with Gasteiger partial charge in [0.2, 0.25) is 0 Å². The second kappa shape index (κ2) is 12.3. The number of aromatic nitrogens is 4. The van der Waals surface area contributed by atoms with E-state index in [9.17, 15) is 0 Å². The summed E-state index contributed by atoms with van der Waals surface area (Å²) in [6.07, 6.45) is 4.41. The minimum Gasteiger partial charge on any atom is -0.228 e. The van der Waals surface area contributed by atoms with E-state index in [-0.39, 0.29) is 10.8 Å². The molecule has 0 saturated heterocycles. The van der Waals surface area contributed by atoms with Gasteiger partial charge in [-0.1, -0.05) is 149 Å². The van der Waals surface area contributed by atoms with Crippen LogP contribution in [0.4, 0.5) is 0 Å². The normalized spacial score (nSPS) is 15.4. The number of benzene rings is 6. The zero-order valence-electron chi connectivity index (χ0n) is 31.3. The van der Waals surface area contributed by atoms with E-state index in [1.807, 2.05) is 12.1 Å². The topological polar surface area (TPSA) is 51.6 Å². The first-order chi connectivity index (χ1) is 26.2. The van der Waals surface area contributed by atoms with Crippen molar-refractivity contribution in [3.8, 4) is 56.7 Å². The van der Waals surface area contributed by atoms with Crippen LogP contribution < -0.4 is 0 Å². The highest BCUT2D eigenvalue weighted by Gasteiger charge is 2.31. The summed E-state index contributed by atoms with van der Waals surface area (Å²) in [5.41, 5.74) is 13.2.